The highest BCUT2D eigenvalue weighted by atomic mass is 35.5. The van der Waals surface area contributed by atoms with Crippen LogP contribution in [0, 0.1) is 0 Å². The molecule has 0 aliphatic rings. The molecule has 4 aromatic rings. The number of hydrazone groups is 1. The normalized spacial score (nSPS) is 11.0. The van der Waals surface area contributed by atoms with Gasteiger partial charge >= 0.3 is 0 Å². The third-order valence-electron chi connectivity index (χ3n) is 3.95. The van der Waals surface area contributed by atoms with Gasteiger partial charge in [0.05, 0.1) is 16.8 Å². The van der Waals surface area contributed by atoms with Crippen molar-refractivity contribution in [2.24, 2.45) is 5.10 Å². The van der Waals surface area contributed by atoms with E-state index < -0.39 is 0 Å². The highest BCUT2D eigenvalue weighted by Gasteiger charge is 2.14. The lowest BCUT2D eigenvalue weighted by Crippen LogP contribution is -1.90. The minimum Gasteiger partial charge on any atom is -0.253 e. The molecule has 3 nitrogen and oxygen atoms in total. The summed E-state index contributed by atoms with van der Waals surface area (Å²) in [5, 5.41) is 5.77. The van der Waals surface area contributed by atoms with Gasteiger partial charge in [0.15, 0.2) is 0 Å². The van der Waals surface area contributed by atoms with Crippen LogP contribution in [0.25, 0.3) is 21.7 Å². The van der Waals surface area contributed by atoms with Crippen molar-refractivity contribution in [3.05, 3.63) is 95.5 Å². The van der Waals surface area contributed by atoms with Gasteiger partial charge in [-0.1, -0.05) is 95.7 Å². The van der Waals surface area contributed by atoms with Crippen molar-refractivity contribution in [3.63, 3.8) is 0 Å². The molecule has 0 saturated carbocycles. The molecule has 0 atom stereocenters. The predicted molar refractivity (Wildman–Crippen MR) is 116 cm³/mol. The molecular formula is C22H16ClN3S. The maximum atomic E-state index is 5.91. The van der Waals surface area contributed by atoms with Crippen molar-refractivity contribution in [1.29, 1.82) is 0 Å². The molecule has 0 spiro atoms. The van der Waals surface area contributed by atoms with E-state index in [0.717, 1.165) is 32.4 Å². The topological polar surface area (TPSA) is 37.3 Å². The average molecular weight is 390 g/mol. The van der Waals surface area contributed by atoms with Gasteiger partial charge in [-0.05, 0) is 23.3 Å². The molecule has 3 aromatic carbocycles. The Morgan fingerprint density at radius 2 is 1.44 bits per heavy atom. The van der Waals surface area contributed by atoms with Gasteiger partial charge < -0.3 is 0 Å². The van der Waals surface area contributed by atoms with E-state index in [1.54, 1.807) is 17.6 Å². The first kappa shape index (κ1) is 17.5. The summed E-state index contributed by atoms with van der Waals surface area (Å²) >= 11 is 7.50. The molecule has 0 amide bonds. The van der Waals surface area contributed by atoms with E-state index in [9.17, 15) is 0 Å². The fourth-order valence-electron chi connectivity index (χ4n) is 2.66. The van der Waals surface area contributed by atoms with Gasteiger partial charge in [-0.15, -0.1) is 0 Å². The smallest absolute Gasteiger partial charge is 0.204 e. The van der Waals surface area contributed by atoms with Crippen molar-refractivity contribution >= 4 is 34.3 Å². The maximum absolute atomic E-state index is 5.91. The number of nitrogens with one attached hydrogen (secondary N) is 1. The Kier molecular flexibility index (Phi) is 5.28. The fraction of sp³-hybridized carbons (Fsp3) is 0. The number of nitrogens with zero attached hydrogens (tertiary/aromatic N) is 2. The van der Waals surface area contributed by atoms with Crippen molar-refractivity contribution < 1.29 is 0 Å². The summed E-state index contributed by atoms with van der Waals surface area (Å²) in [7, 11) is 0. The summed E-state index contributed by atoms with van der Waals surface area (Å²) in [6.45, 7) is 0. The van der Waals surface area contributed by atoms with Gasteiger partial charge in [0.2, 0.25) is 5.13 Å². The minimum absolute atomic E-state index is 0.708. The van der Waals surface area contributed by atoms with E-state index in [1.165, 1.54) is 0 Å². The van der Waals surface area contributed by atoms with E-state index >= 15 is 0 Å². The van der Waals surface area contributed by atoms with Crippen molar-refractivity contribution in [2.75, 3.05) is 5.43 Å². The molecule has 1 heterocycles. The summed E-state index contributed by atoms with van der Waals surface area (Å²) in [4.78, 5) is 5.89. The molecule has 1 N–H and O–H groups in total. The molecule has 27 heavy (non-hydrogen) atoms. The zero-order valence-corrected chi connectivity index (χ0v) is 15.9. The molecule has 1 aromatic heterocycles. The number of halogens is 1. The third-order valence-corrected chi connectivity index (χ3v) is 5.22. The SMILES string of the molecule is Clc1ccc(/C=N/Nc2nc(-c3ccccc3)c(-c3ccccc3)s2)cc1. The maximum Gasteiger partial charge on any atom is 0.204 e. The number of benzene rings is 3. The summed E-state index contributed by atoms with van der Waals surface area (Å²) in [6, 6.07) is 28.0. The number of hydrogen-bond donors (Lipinski definition) is 1. The quantitative estimate of drug-likeness (QED) is 0.309. The predicted octanol–water partition coefficient (Wildman–Crippen LogP) is 6.58. The Morgan fingerprint density at radius 3 is 2.11 bits per heavy atom. The molecule has 0 radical (unpaired) electrons. The van der Waals surface area contributed by atoms with Crippen LogP contribution in [0.5, 0.6) is 0 Å². The van der Waals surface area contributed by atoms with Crippen molar-refractivity contribution in [1.82, 2.24) is 4.98 Å². The van der Waals surface area contributed by atoms with Gasteiger partial charge in [0.1, 0.15) is 0 Å². The first-order valence-corrected chi connectivity index (χ1v) is 9.65. The Morgan fingerprint density at radius 1 is 0.815 bits per heavy atom. The molecule has 0 aliphatic carbocycles. The molecule has 0 fully saturated rings. The Labute approximate surface area is 167 Å². The second-order valence-electron chi connectivity index (χ2n) is 5.85. The number of anilines is 1. The fourth-order valence-corrected chi connectivity index (χ4v) is 3.72. The summed E-state index contributed by atoms with van der Waals surface area (Å²) in [5.74, 6) is 0. The van der Waals surface area contributed by atoms with Crippen LogP contribution in [0.4, 0.5) is 5.13 Å². The van der Waals surface area contributed by atoms with Gasteiger partial charge in [-0.3, -0.25) is 5.43 Å². The average Bonchev–Trinajstić information content (AvgIpc) is 3.15. The third kappa shape index (κ3) is 4.25. The summed E-state index contributed by atoms with van der Waals surface area (Å²) < 4.78 is 0. The zero-order chi connectivity index (χ0) is 18.5. The number of rotatable bonds is 5. The van der Waals surface area contributed by atoms with Crippen LogP contribution >= 0.6 is 22.9 Å². The van der Waals surface area contributed by atoms with E-state index in [4.69, 9.17) is 16.6 Å². The minimum atomic E-state index is 0.708. The van der Waals surface area contributed by atoms with Gasteiger partial charge in [-0.2, -0.15) is 5.10 Å². The van der Waals surface area contributed by atoms with Gasteiger partial charge in [0.25, 0.3) is 0 Å². The van der Waals surface area contributed by atoms with E-state index in [2.05, 4.69) is 34.8 Å². The number of thiazole rings is 1. The van der Waals surface area contributed by atoms with Crippen LogP contribution in [0.1, 0.15) is 5.56 Å². The van der Waals surface area contributed by atoms with Crippen LogP contribution in [0.2, 0.25) is 5.02 Å². The lowest BCUT2D eigenvalue weighted by Gasteiger charge is -2.02. The summed E-state index contributed by atoms with van der Waals surface area (Å²) in [6.07, 6.45) is 1.75. The Bertz CT molecular complexity index is 985. The van der Waals surface area contributed by atoms with Crippen LogP contribution in [-0.2, 0) is 0 Å². The second-order valence-corrected chi connectivity index (χ2v) is 7.29. The highest BCUT2D eigenvalue weighted by Crippen LogP contribution is 2.38. The van der Waals surface area contributed by atoms with Crippen LogP contribution in [-0.4, -0.2) is 11.2 Å². The summed E-state index contributed by atoms with van der Waals surface area (Å²) in [5.41, 5.74) is 7.20. The standard InChI is InChI=1S/C22H16ClN3S/c23-19-13-11-16(12-14-19)15-24-26-22-25-20(17-7-3-1-4-8-17)21(27-22)18-9-5-2-6-10-18/h1-15H,(H,25,26)/b24-15+. The Balaban J connectivity index is 1.64. The molecular weight excluding hydrogens is 374 g/mol. The molecule has 0 bridgehead atoms. The lowest BCUT2D eigenvalue weighted by molar-refractivity contribution is 1.29. The van der Waals surface area contributed by atoms with Crippen molar-refractivity contribution in [2.45, 2.75) is 0 Å². The molecule has 0 saturated heterocycles. The molecule has 132 valence electrons. The zero-order valence-electron chi connectivity index (χ0n) is 14.3. The van der Waals surface area contributed by atoms with Crippen LogP contribution in [0.15, 0.2) is 90.0 Å². The second kappa shape index (κ2) is 8.16. The van der Waals surface area contributed by atoms with Crippen LogP contribution < -0.4 is 5.43 Å². The van der Waals surface area contributed by atoms with E-state index in [1.807, 2.05) is 60.7 Å². The Hall–Kier alpha value is -2.95. The molecule has 5 heteroatoms. The molecule has 4 rings (SSSR count). The van der Waals surface area contributed by atoms with Gasteiger partial charge in [0, 0.05) is 10.6 Å². The molecule has 0 unspecified atom stereocenters. The monoisotopic (exact) mass is 389 g/mol. The first-order chi connectivity index (χ1) is 13.3. The van der Waals surface area contributed by atoms with Crippen molar-refractivity contribution in [3.8, 4) is 21.7 Å². The van der Waals surface area contributed by atoms with Crippen LogP contribution in [0.3, 0.4) is 0 Å². The van der Waals surface area contributed by atoms with Gasteiger partial charge in [-0.25, -0.2) is 4.98 Å². The van der Waals surface area contributed by atoms with E-state index in [0.29, 0.717) is 5.02 Å². The highest BCUT2D eigenvalue weighted by molar-refractivity contribution is 7.19. The molecule has 0 aliphatic heterocycles. The first-order valence-electron chi connectivity index (χ1n) is 8.46. The lowest BCUT2D eigenvalue weighted by atomic mass is 10.1. The number of hydrogen-bond acceptors (Lipinski definition) is 4. The number of aromatic nitrogens is 1. The largest absolute Gasteiger partial charge is 0.253 e. The van der Waals surface area contributed by atoms with E-state index in [-0.39, 0.29) is 0 Å².